The van der Waals surface area contributed by atoms with E-state index in [1.165, 1.54) is 23.1 Å². The Balaban J connectivity index is 1.45. The standard InChI is InChI=1S/C20H22F2N4O4S/c21-20(22)31(29,30)17-7-2-1-6-15(17)18(27)24-9-11-25(12-10-24)19(28)16-13-14-5-3-4-8-26(14)23-16/h1-2,6-7,13,20H,3-5,8-12H2. The van der Waals surface area contributed by atoms with Crippen molar-refractivity contribution in [2.24, 2.45) is 0 Å². The minimum absolute atomic E-state index is 0.168. The van der Waals surface area contributed by atoms with Gasteiger partial charge in [0.2, 0.25) is 9.84 Å². The summed E-state index contributed by atoms with van der Waals surface area (Å²) in [5, 5.41) is 4.39. The van der Waals surface area contributed by atoms with E-state index in [2.05, 4.69) is 5.10 Å². The fourth-order valence-electron chi connectivity index (χ4n) is 3.95. The zero-order valence-corrected chi connectivity index (χ0v) is 17.5. The van der Waals surface area contributed by atoms with Crippen LogP contribution < -0.4 is 0 Å². The van der Waals surface area contributed by atoms with E-state index in [0.717, 1.165) is 37.6 Å². The van der Waals surface area contributed by atoms with Gasteiger partial charge in [0.05, 0.1) is 10.5 Å². The number of nitrogens with zero attached hydrogens (tertiary/aromatic N) is 4. The van der Waals surface area contributed by atoms with Crippen molar-refractivity contribution in [2.75, 3.05) is 26.2 Å². The SMILES string of the molecule is O=C(c1cc2n(n1)CCCC2)N1CCN(C(=O)c2ccccc2S(=O)(=O)C(F)F)CC1. The highest BCUT2D eigenvalue weighted by atomic mass is 32.2. The van der Waals surface area contributed by atoms with Gasteiger partial charge in [-0.05, 0) is 37.5 Å². The number of hydrogen-bond donors (Lipinski definition) is 0. The number of halogens is 2. The Morgan fingerprint density at radius 3 is 2.23 bits per heavy atom. The molecule has 166 valence electrons. The van der Waals surface area contributed by atoms with Crippen molar-refractivity contribution in [3.05, 3.63) is 47.3 Å². The molecule has 31 heavy (non-hydrogen) atoms. The number of aromatic nitrogens is 2. The average Bonchev–Trinajstić information content (AvgIpc) is 3.22. The summed E-state index contributed by atoms with van der Waals surface area (Å²) < 4.78 is 51.7. The maximum Gasteiger partial charge on any atom is 0.341 e. The third-order valence-corrected chi connectivity index (χ3v) is 7.09. The van der Waals surface area contributed by atoms with Gasteiger partial charge < -0.3 is 9.80 Å². The molecule has 11 heteroatoms. The van der Waals surface area contributed by atoms with Crippen LogP contribution in [0.2, 0.25) is 0 Å². The number of benzene rings is 1. The lowest BCUT2D eigenvalue weighted by molar-refractivity contribution is 0.0529. The Hall–Kier alpha value is -2.82. The van der Waals surface area contributed by atoms with Crippen LogP contribution in [0.5, 0.6) is 0 Å². The Morgan fingerprint density at radius 2 is 1.58 bits per heavy atom. The van der Waals surface area contributed by atoms with Crippen molar-refractivity contribution in [3.8, 4) is 0 Å². The van der Waals surface area contributed by atoms with Gasteiger partial charge in [-0.3, -0.25) is 14.3 Å². The first-order valence-corrected chi connectivity index (χ1v) is 11.6. The summed E-state index contributed by atoms with van der Waals surface area (Å²) in [5.41, 5.74) is 1.13. The van der Waals surface area contributed by atoms with E-state index in [0.29, 0.717) is 5.69 Å². The molecule has 0 unspecified atom stereocenters. The van der Waals surface area contributed by atoms with Gasteiger partial charge in [0, 0.05) is 38.4 Å². The Bertz CT molecular complexity index is 1080. The molecule has 8 nitrogen and oxygen atoms in total. The fourth-order valence-corrected chi connectivity index (χ4v) is 4.88. The summed E-state index contributed by atoms with van der Waals surface area (Å²) in [6, 6.07) is 6.77. The first-order chi connectivity index (χ1) is 14.8. The van der Waals surface area contributed by atoms with E-state index in [1.807, 2.05) is 10.7 Å². The van der Waals surface area contributed by atoms with Crippen LogP contribution in [-0.4, -0.2) is 71.7 Å². The molecule has 2 aromatic rings. The largest absolute Gasteiger partial charge is 0.341 e. The van der Waals surface area contributed by atoms with Crippen LogP contribution in [0, 0.1) is 0 Å². The summed E-state index contributed by atoms with van der Waals surface area (Å²) in [5.74, 6) is -4.48. The number of hydrogen-bond acceptors (Lipinski definition) is 5. The smallest absolute Gasteiger partial charge is 0.335 e. The molecular formula is C20H22F2N4O4S. The zero-order chi connectivity index (χ0) is 22.2. The third kappa shape index (κ3) is 4.06. The van der Waals surface area contributed by atoms with Gasteiger partial charge in [0.1, 0.15) is 0 Å². The molecule has 2 amide bonds. The molecule has 2 aliphatic heterocycles. The van der Waals surface area contributed by atoms with Gasteiger partial charge >= 0.3 is 5.76 Å². The van der Waals surface area contributed by atoms with Gasteiger partial charge in [0.15, 0.2) is 5.69 Å². The summed E-state index contributed by atoms with van der Waals surface area (Å²) >= 11 is 0. The van der Waals surface area contributed by atoms with E-state index >= 15 is 0 Å². The van der Waals surface area contributed by atoms with Crippen LogP contribution >= 0.6 is 0 Å². The third-order valence-electron chi connectivity index (χ3n) is 5.65. The second-order valence-electron chi connectivity index (χ2n) is 7.59. The van der Waals surface area contributed by atoms with Crippen molar-refractivity contribution in [2.45, 2.75) is 36.5 Å². The van der Waals surface area contributed by atoms with Crippen LogP contribution in [0.1, 0.15) is 39.4 Å². The van der Waals surface area contributed by atoms with Gasteiger partial charge in [-0.1, -0.05) is 12.1 Å². The molecule has 0 atom stereocenters. The predicted molar refractivity (Wildman–Crippen MR) is 107 cm³/mol. The molecule has 2 aliphatic rings. The van der Waals surface area contributed by atoms with Gasteiger partial charge in [-0.25, -0.2) is 8.42 Å². The summed E-state index contributed by atoms with van der Waals surface area (Å²) in [7, 11) is -4.91. The summed E-state index contributed by atoms with van der Waals surface area (Å²) in [4.78, 5) is 28.0. The second kappa shape index (κ2) is 8.37. The molecular weight excluding hydrogens is 430 g/mol. The molecule has 1 aromatic carbocycles. The molecule has 1 fully saturated rings. The zero-order valence-electron chi connectivity index (χ0n) is 16.7. The predicted octanol–water partition coefficient (Wildman–Crippen LogP) is 1.81. The number of alkyl halides is 2. The van der Waals surface area contributed by atoms with Gasteiger partial charge in [-0.15, -0.1) is 0 Å². The highest BCUT2D eigenvalue weighted by molar-refractivity contribution is 7.91. The fraction of sp³-hybridized carbons (Fsp3) is 0.450. The number of carbonyl (C=O) groups is 2. The van der Waals surface area contributed by atoms with Crippen molar-refractivity contribution in [1.29, 1.82) is 0 Å². The Kier molecular flexibility index (Phi) is 5.78. The van der Waals surface area contributed by atoms with Crippen molar-refractivity contribution in [1.82, 2.24) is 19.6 Å². The van der Waals surface area contributed by atoms with Crippen LogP contribution in [0.3, 0.4) is 0 Å². The number of aryl methyl sites for hydroxylation is 2. The Morgan fingerprint density at radius 1 is 0.935 bits per heavy atom. The lowest BCUT2D eigenvalue weighted by atomic mass is 10.1. The van der Waals surface area contributed by atoms with E-state index < -0.39 is 26.4 Å². The maximum atomic E-state index is 13.0. The van der Waals surface area contributed by atoms with Crippen LogP contribution in [0.25, 0.3) is 0 Å². The maximum absolute atomic E-state index is 13.0. The van der Waals surface area contributed by atoms with Crippen molar-refractivity contribution in [3.63, 3.8) is 0 Å². The molecule has 0 spiro atoms. The van der Waals surface area contributed by atoms with Crippen LogP contribution in [0.15, 0.2) is 35.2 Å². The van der Waals surface area contributed by atoms with E-state index in [1.54, 1.807) is 4.90 Å². The number of fused-ring (bicyclic) bond motifs is 1. The number of sulfone groups is 1. The first kappa shape index (κ1) is 21.4. The lowest BCUT2D eigenvalue weighted by Crippen LogP contribution is -2.50. The first-order valence-electron chi connectivity index (χ1n) is 10.1. The highest BCUT2D eigenvalue weighted by Gasteiger charge is 2.33. The van der Waals surface area contributed by atoms with Crippen molar-refractivity contribution < 1.29 is 26.8 Å². The van der Waals surface area contributed by atoms with E-state index in [9.17, 15) is 26.8 Å². The molecule has 4 rings (SSSR count). The molecule has 1 aromatic heterocycles. The lowest BCUT2D eigenvalue weighted by Gasteiger charge is -2.34. The van der Waals surface area contributed by atoms with Crippen LogP contribution in [-0.2, 0) is 22.8 Å². The number of carbonyl (C=O) groups excluding carboxylic acids is 2. The molecule has 0 aliphatic carbocycles. The second-order valence-corrected chi connectivity index (χ2v) is 9.47. The summed E-state index contributed by atoms with van der Waals surface area (Å²) in [6.45, 7) is 1.63. The molecule has 0 radical (unpaired) electrons. The number of rotatable bonds is 4. The monoisotopic (exact) mass is 452 g/mol. The molecule has 0 saturated carbocycles. The normalized spacial score (nSPS) is 17.0. The minimum atomic E-state index is -4.91. The van der Waals surface area contributed by atoms with Crippen molar-refractivity contribution >= 4 is 21.7 Å². The highest BCUT2D eigenvalue weighted by Crippen LogP contribution is 2.24. The van der Waals surface area contributed by atoms with E-state index in [-0.39, 0.29) is 37.6 Å². The minimum Gasteiger partial charge on any atom is -0.335 e. The molecule has 0 N–H and O–H groups in total. The molecule has 3 heterocycles. The number of piperazine rings is 1. The molecule has 0 bridgehead atoms. The van der Waals surface area contributed by atoms with Gasteiger partial charge in [-0.2, -0.15) is 13.9 Å². The molecule has 1 saturated heterocycles. The van der Waals surface area contributed by atoms with Crippen LogP contribution in [0.4, 0.5) is 8.78 Å². The number of amides is 2. The summed E-state index contributed by atoms with van der Waals surface area (Å²) in [6.07, 6.45) is 3.00. The topological polar surface area (TPSA) is 92.6 Å². The Labute approximate surface area is 178 Å². The quantitative estimate of drug-likeness (QED) is 0.706. The average molecular weight is 452 g/mol. The van der Waals surface area contributed by atoms with E-state index in [4.69, 9.17) is 0 Å². The van der Waals surface area contributed by atoms with Gasteiger partial charge in [0.25, 0.3) is 11.8 Å².